The minimum absolute atomic E-state index is 0.330. The van der Waals surface area contributed by atoms with E-state index in [9.17, 15) is 0 Å². The minimum atomic E-state index is 0.330. The van der Waals surface area contributed by atoms with Crippen LogP contribution in [0.1, 0.15) is 30.8 Å². The van der Waals surface area contributed by atoms with Crippen molar-refractivity contribution in [3.05, 3.63) is 17.6 Å². The fraction of sp³-hybridized carbons (Fsp3) is 0.667. The standard InChI is InChI=1S/C12H18ClN3/c1-8-6-12(16-9(2)15-8)14-7-10-4-3-5-11(10)13/h6,10-11H,3-5,7H2,1-2H3,(H,14,15,16). The molecule has 1 heterocycles. The van der Waals surface area contributed by atoms with Crippen LogP contribution < -0.4 is 5.32 Å². The van der Waals surface area contributed by atoms with Gasteiger partial charge >= 0.3 is 0 Å². The molecule has 4 heteroatoms. The third kappa shape index (κ3) is 2.85. The van der Waals surface area contributed by atoms with Crippen molar-refractivity contribution in [2.45, 2.75) is 38.5 Å². The molecule has 2 rings (SSSR count). The monoisotopic (exact) mass is 239 g/mol. The Labute approximate surface area is 102 Å². The van der Waals surface area contributed by atoms with Crippen molar-refractivity contribution in [2.75, 3.05) is 11.9 Å². The maximum absolute atomic E-state index is 6.23. The van der Waals surface area contributed by atoms with Crippen LogP contribution in [0.2, 0.25) is 0 Å². The number of aromatic nitrogens is 2. The zero-order chi connectivity index (χ0) is 11.5. The van der Waals surface area contributed by atoms with Crippen LogP contribution in [0, 0.1) is 19.8 Å². The van der Waals surface area contributed by atoms with Crippen molar-refractivity contribution in [3.8, 4) is 0 Å². The molecule has 1 saturated carbocycles. The third-order valence-electron chi connectivity index (χ3n) is 3.08. The Bertz CT molecular complexity index is 347. The molecule has 0 aromatic carbocycles. The Morgan fingerprint density at radius 1 is 1.38 bits per heavy atom. The molecule has 0 radical (unpaired) electrons. The molecule has 1 aliphatic carbocycles. The summed E-state index contributed by atoms with van der Waals surface area (Å²) in [5.74, 6) is 2.31. The molecule has 1 aromatic rings. The Morgan fingerprint density at radius 2 is 2.19 bits per heavy atom. The summed E-state index contributed by atoms with van der Waals surface area (Å²) >= 11 is 6.23. The van der Waals surface area contributed by atoms with E-state index in [0.717, 1.165) is 30.3 Å². The number of nitrogens with zero attached hydrogens (tertiary/aromatic N) is 2. The number of anilines is 1. The molecule has 0 saturated heterocycles. The topological polar surface area (TPSA) is 37.8 Å². The van der Waals surface area contributed by atoms with Crippen molar-refractivity contribution >= 4 is 17.4 Å². The lowest BCUT2D eigenvalue weighted by atomic mass is 10.1. The molecule has 3 nitrogen and oxygen atoms in total. The summed E-state index contributed by atoms with van der Waals surface area (Å²) < 4.78 is 0. The molecule has 16 heavy (non-hydrogen) atoms. The highest BCUT2D eigenvalue weighted by molar-refractivity contribution is 6.20. The molecular formula is C12H18ClN3. The van der Waals surface area contributed by atoms with Gasteiger partial charge in [-0.15, -0.1) is 11.6 Å². The number of aryl methyl sites for hydroxylation is 2. The van der Waals surface area contributed by atoms with E-state index in [1.165, 1.54) is 12.8 Å². The number of alkyl halides is 1. The zero-order valence-corrected chi connectivity index (χ0v) is 10.6. The van der Waals surface area contributed by atoms with Crippen LogP contribution in [0.15, 0.2) is 6.07 Å². The number of rotatable bonds is 3. The van der Waals surface area contributed by atoms with Gasteiger partial charge in [0.25, 0.3) is 0 Å². The van der Waals surface area contributed by atoms with Gasteiger partial charge in [-0.3, -0.25) is 0 Å². The van der Waals surface area contributed by atoms with Crippen LogP contribution in [-0.4, -0.2) is 21.9 Å². The second-order valence-electron chi connectivity index (χ2n) is 4.53. The molecule has 0 spiro atoms. The molecule has 1 N–H and O–H groups in total. The molecular weight excluding hydrogens is 222 g/mol. The number of hydrogen-bond acceptors (Lipinski definition) is 3. The van der Waals surface area contributed by atoms with Crippen molar-refractivity contribution in [2.24, 2.45) is 5.92 Å². The lowest BCUT2D eigenvalue weighted by molar-refractivity contribution is 0.585. The van der Waals surface area contributed by atoms with E-state index in [0.29, 0.717) is 11.3 Å². The fourth-order valence-electron chi connectivity index (χ4n) is 2.26. The maximum atomic E-state index is 6.23. The highest BCUT2D eigenvalue weighted by atomic mass is 35.5. The van der Waals surface area contributed by atoms with E-state index in [1.54, 1.807) is 0 Å². The highest BCUT2D eigenvalue weighted by Gasteiger charge is 2.24. The average molecular weight is 240 g/mol. The van der Waals surface area contributed by atoms with Gasteiger partial charge < -0.3 is 5.32 Å². The zero-order valence-electron chi connectivity index (χ0n) is 9.83. The second kappa shape index (κ2) is 5.00. The summed E-state index contributed by atoms with van der Waals surface area (Å²) in [6.07, 6.45) is 3.63. The van der Waals surface area contributed by atoms with Crippen LogP contribution in [0.5, 0.6) is 0 Å². The molecule has 88 valence electrons. The highest BCUT2D eigenvalue weighted by Crippen LogP contribution is 2.30. The smallest absolute Gasteiger partial charge is 0.129 e. The molecule has 1 fully saturated rings. The van der Waals surface area contributed by atoms with E-state index in [1.807, 2.05) is 19.9 Å². The molecule has 2 atom stereocenters. The first-order valence-electron chi connectivity index (χ1n) is 5.85. The Morgan fingerprint density at radius 3 is 2.81 bits per heavy atom. The number of hydrogen-bond donors (Lipinski definition) is 1. The number of halogens is 1. The van der Waals surface area contributed by atoms with E-state index in [4.69, 9.17) is 11.6 Å². The van der Waals surface area contributed by atoms with E-state index >= 15 is 0 Å². The van der Waals surface area contributed by atoms with Crippen LogP contribution in [0.3, 0.4) is 0 Å². The molecule has 0 amide bonds. The first-order valence-corrected chi connectivity index (χ1v) is 6.29. The van der Waals surface area contributed by atoms with Crippen LogP contribution in [0.4, 0.5) is 5.82 Å². The first kappa shape index (κ1) is 11.6. The van der Waals surface area contributed by atoms with E-state index < -0.39 is 0 Å². The van der Waals surface area contributed by atoms with Gasteiger partial charge in [-0.05, 0) is 32.6 Å². The second-order valence-corrected chi connectivity index (χ2v) is 5.09. The van der Waals surface area contributed by atoms with Gasteiger partial charge in [-0.2, -0.15) is 0 Å². The van der Waals surface area contributed by atoms with Crippen molar-refractivity contribution in [1.29, 1.82) is 0 Å². The van der Waals surface area contributed by atoms with Crippen LogP contribution in [-0.2, 0) is 0 Å². The summed E-state index contributed by atoms with van der Waals surface area (Å²) in [4.78, 5) is 8.61. The molecule has 1 aliphatic rings. The Hall–Kier alpha value is -0.830. The SMILES string of the molecule is Cc1cc(NCC2CCCC2Cl)nc(C)n1. The van der Waals surface area contributed by atoms with Gasteiger partial charge in [0.15, 0.2) is 0 Å². The lowest BCUT2D eigenvalue weighted by Crippen LogP contribution is -2.19. The maximum Gasteiger partial charge on any atom is 0.129 e. The summed E-state index contributed by atoms with van der Waals surface area (Å²) in [6, 6.07) is 1.98. The van der Waals surface area contributed by atoms with Gasteiger partial charge in [-0.25, -0.2) is 9.97 Å². The molecule has 0 bridgehead atoms. The van der Waals surface area contributed by atoms with Crippen molar-refractivity contribution in [3.63, 3.8) is 0 Å². The van der Waals surface area contributed by atoms with Gasteiger partial charge in [0.1, 0.15) is 11.6 Å². The van der Waals surface area contributed by atoms with E-state index in [2.05, 4.69) is 15.3 Å². The first-order chi connectivity index (χ1) is 7.65. The Kier molecular flexibility index (Phi) is 3.64. The largest absolute Gasteiger partial charge is 0.370 e. The lowest BCUT2D eigenvalue weighted by Gasteiger charge is -2.15. The molecule has 0 aliphatic heterocycles. The van der Waals surface area contributed by atoms with E-state index in [-0.39, 0.29) is 0 Å². The van der Waals surface area contributed by atoms with Gasteiger partial charge in [0, 0.05) is 23.7 Å². The van der Waals surface area contributed by atoms with Crippen LogP contribution >= 0.6 is 11.6 Å². The minimum Gasteiger partial charge on any atom is -0.370 e. The van der Waals surface area contributed by atoms with Gasteiger partial charge in [0.05, 0.1) is 0 Å². The summed E-state index contributed by atoms with van der Waals surface area (Å²) in [5.41, 5.74) is 1.00. The third-order valence-corrected chi connectivity index (χ3v) is 3.65. The predicted octanol–water partition coefficient (Wildman–Crippen LogP) is 2.91. The van der Waals surface area contributed by atoms with Crippen LogP contribution in [0.25, 0.3) is 0 Å². The predicted molar refractivity (Wildman–Crippen MR) is 67.0 cm³/mol. The summed E-state index contributed by atoms with van der Waals surface area (Å²) in [5, 5.41) is 3.69. The summed E-state index contributed by atoms with van der Waals surface area (Å²) in [7, 11) is 0. The normalized spacial score (nSPS) is 24.7. The van der Waals surface area contributed by atoms with Gasteiger partial charge in [-0.1, -0.05) is 6.42 Å². The molecule has 1 aromatic heterocycles. The Balaban J connectivity index is 1.94. The summed E-state index contributed by atoms with van der Waals surface area (Å²) in [6.45, 7) is 4.82. The number of nitrogens with one attached hydrogen (secondary N) is 1. The quantitative estimate of drug-likeness (QED) is 0.825. The fourth-order valence-corrected chi connectivity index (χ4v) is 2.63. The average Bonchev–Trinajstić information content (AvgIpc) is 2.59. The molecule has 2 unspecified atom stereocenters. The van der Waals surface area contributed by atoms with Gasteiger partial charge in [0.2, 0.25) is 0 Å². The van der Waals surface area contributed by atoms with Crippen molar-refractivity contribution < 1.29 is 0 Å². The van der Waals surface area contributed by atoms with Crippen molar-refractivity contribution in [1.82, 2.24) is 9.97 Å².